The molecule has 10 heteroatoms. The van der Waals surface area contributed by atoms with Crippen molar-refractivity contribution < 1.29 is 14.3 Å². The van der Waals surface area contributed by atoms with Crippen LogP contribution in [0.15, 0.2) is 54.7 Å². The van der Waals surface area contributed by atoms with Crippen LogP contribution in [0.2, 0.25) is 15.2 Å². The van der Waals surface area contributed by atoms with E-state index in [0.29, 0.717) is 34.0 Å². The third-order valence-electron chi connectivity index (χ3n) is 8.01. The van der Waals surface area contributed by atoms with Gasteiger partial charge < -0.3 is 14.8 Å². The van der Waals surface area contributed by atoms with E-state index < -0.39 is 5.79 Å². The van der Waals surface area contributed by atoms with Crippen LogP contribution in [0.25, 0.3) is 6.08 Å². The molecule has 1 saturated heterocycles. The highest BCUT2D eigenvalue weighted by Gasteiger charge is 2.48. The first-order chi connectivity index (χ1) is 19.6. The van der Waals surface area contributed by atoms with Gasteiger partial charge in [0.15, 0.2) is 11.5 Å². The summed E-state index contributed by atoms with van der Waals surface area (Å²) in [4.78, 5) is 21.9. The van der Waals surface area contributed by atoms with Crippen molar-refractivity contribution in [2.75, 3.05) is 31.1 Å². The fourth-order valence-electron chi connectivity index (χ4n) is 5.93. The normalized spacial score (nSPS) is 18.7. The molecule has 4 heterocycles. The lowest BCUT2D eigenvalue weighted by atomic mass is 9.74. The number of likely N-dealkylation sites (tertiary alicyclic amines) is 1. The number of hydrogen-bond acceptors (Lipinski definition) is 5. The largest absolute Gasteiger partial charge is 0.449 e. The summed E-state index contributed by atoms with van der Waals surface area (Å²) in [5.41, 5.74) is 3.77. The number of rotatable bonds is 5. The number of benzene rings is 2. The second-order valence-electron chi connectivity index (χ2n) is 11.3. The molecule has 0 bridgehead atoms. The smallest absolute Gasteiger partial charge is 0.322 e. The number of urea groups is 1. The fourth-order valence-corrected chi connectivity index (χ4v) is 6.44. The lowest BCUT2D eigenvalue weighted by molar-refractivity contribution is -0.0431. The highest BCUT2D eigenvalue weighted by atomic mass is 35.5. The number of hydrogen-bond donors (Lipinski definition) is 1. The van der Waals surface area contributed by atoms with E-state index in [0.717, 1.165) is 60.6 Å². The number of aromatic nitrogens is 1. The summed E-state index contributed by atoms with van der Waals surface area (Å²) in [6, 6.07) is 13.1. The minimum atomic E-state index is -0.748. The Bertz CT molecular complexity index is 1520. The number of pyridine rings is 1. The third-order valence-corrected chi connectivity index (χ3v) is 8.95. The number of halogens is 3. The number of carbonyl (C=O) groups excluding carboxylic acids is 1. The minimum absolute atomic E-state index is 0.152. The molecule has 0 radical (unpaired) electrons. The number of piperidine rings is 1. The van der Waals surface area contributed by atoms with E-state index in [9.17, 15) is 4.79 Å². The quantitative estimate of drug-likeness (QED) is 0.305. The maximum Gasteiger partial charge on any atom is 0.322 e. The molecule has 1 aromatic heterocycles. The van der Waals surface area contributed by atoms with E-state index in [4.69, 9.17) is 44.3 Å². The molecule has 0 atom stereocenters. The van der Waals surface area contributed by atoms with Crippen LogP contribution in [0.3, 0.4) is 0 Å². The number of nitrogens with zero attached hydrogens (tertiary/aromatic N) is 3. The average molecular weight is 614 g/mol. The predicted octanol–water partition coefficient (Wildman–Crippen LogP) is 7.33. The summed E-state index contributed by atoms with van der Waals surface area (Å²) in [5.74, 6) is 0.644. The fraction of sp³-hybridized carbons (Fsp3) is 0.355. The van der Waals surface area contributed by atoms with Crippen molar-refractivity contribution in [3.63, 3.8) is 0 Å². The number of fused-ring (bicyclic) bond motifs is 3. The number of nitrogens with one attached hydrogen (secondary N) is 1. The standard InChI is InChI=1S/C31H31Cl3N4O3/c1-30(2)40-26-16-22-25(17-27(26)41-30)38(29(39)36-18-21-7-10-35-28(34)15-21)19-31(22)8-12-37(13-9-31)11-3-4-20-5-6-23(32)24(33)14-20/h3-7,10,14-17H,8-9,11-13,18-19H2,1-2H3,(H,36,39). The van der Waals surface area contributed by atoms with Crippen molar-refractivity contribution in [1.82, 2.24) is 15.2 Å². The van der Waals surface area contributed by atoms with Crippen LogP contribution in [0.5, 0.6) is 11.5 Å². The zero-order valence-corrected chi connectivity index (χ0v) is 25.2. The maximum absolute atomic E-state index is 13.6. The van der Waals surface area contributed by atoms with E-state index in [1.165, 1.54) is 0 Å². The molecule has 0 unspecified atom stereocenters. The highest BCUT2D eigenvalue weighted by molar-refractivity contribution is 6.42. The number of ether oxygens (including phenoxy) is 2. The van der Waals surface area contributed by atoms with Crippen LogP contribution in [0, 0.1) is 0 Å². The molecule has 0 aliphatic carbocycles. The van der Waals surface area contributed by atoms with Gasteiger partial charge in [0.2, 0.25) is 5.79 Å². The van der Waals surface area contributed by atoms with E-state index >= 15 is 0 Å². The average Bonchev–Trinajstić information content (AvgIpc) is 3.41. The predicted molar refractivity (Wildman–Crippen MR) is 163 cm³/mol. The first-order valence-electron chi connectivity index (χ1n) is 13.7. The van der Waals surface area contributed by atoms with Gasteiger partial charge in [-0.25, -0.2) is 9.78 Å². The summed E-state index contributed by atoms with van der Waals surface area (Å²) in [6.07, 6.45) is 7.72. The van der Waals surface area contributed by atoms with Crippen LogP contribution in [0.1, 0.15) is 43.4 Å². The van der Waals surface area contributed by atoms with Crippen LogP contribution in [-0.4, -0.2) is 47.9 Å². The molecule has 0 saturated carbocycles. The molecular weight excluding hydrogens is 583 g/mol. The zero-order valence-electron chi connectivity index (χ0n) is 22.9. The summed E-state index contributed by atoms with van der Waals surface area (Å²) in [7, 11) is 0. The van der Waals surface area contributed by atoms with E-state index in [1.807, 2.05) is 49.1 Å². The van der Waals surface area contributed by atoms with Gasteiger partial charge in [-0.05, 0) is 73.0 Å². The molecule has 3 aliphatic rings. The Morgan fingerprint density at radius 2 is 1.78 bits per heavy atom. The summed E-state index contributed by atoms with van der Waals surface area (Å²) < 4.78 is 12.1. The second-order valence-corrected chi connectivity index (χ2v) is 12.5. The van der Waals surface area contributed by atoms with Gasteiger partial charge >= 0.3 is 6.03 Å². The molecule has 7 nitrogen and oxygen atoms in total. The van der Waals surface area contributed by atoms with Crippen LogP contribution < -0.4 is 19.7 Å². The van der Waals surface area contributed by atoms with Crippen LogP contribution in [-0.2, 0) is 12.0 Å². The molecule has 1 N–H and O–H groups in total. The number of carbonyl (C=O) groups is 1. The Labute approximate surface area is 255 Å². The molecule has 3 aromatic rings. The molecule has 1 fully saturated rings. The van der Waals surface area contributed by atoms with Crippen molar-refractivity contribution in [2.24, 2.45) is 0 Å². The summed E-state index contributed by atoms with van der Waals surface area (Å²) in [5, 5.41) is 4.57. The molecule has 41 heavy (non-hydrogen) atoms. The van der Waals surface area contributed by atoms with Gasteiger partial charge in [0.1, 0.15) is 5.15 Å². The van der Waals surface area contributed by atoms with Gasteiger partial charge in [0.05, 0.1) is 15.7 Å². The first kappa shape index (κ1) is 28.2. The molecule has 214 valence electrons. The number of anilines is 1. The number of amides is 2. The summed E-state index contributed by atoms with van der Waals surface area (Å²) >= 11 is 18.2. The lowest BCUT2D eigenvalue weighted by Gasteiger charge is -2.39. The maximum atomic E-state index is 13.6. The Morgan fingerprint density at radius 1 is 1.02 bits per heavy atom. The Balaban J connectivity index is 1.18. The molecule has 3 aliphatic heterocycles. The molecular formula is C31H31Cl3N4O3. The van der Waals surface area contributed by atoms with E-state index in [-0.39, 0.29) is 11.4 Å². The van der Waals surface area contributed by atoms with Gasteiger partial charge in [0, 0.05) is 51.2 Å². The minimum Gasteiger partial charge on any atom is -0.449 e. The SMILES string of the molecule is CC1(C)Oc2cc3c(cc2O1)C1(CCN(CC=Cc2ccc(Cl)c(Cl)c2)CC1)CN3C(=O)NCc1ccnc(Cl)c1. The molecule has 2 amide bonds. The van der Waals surface area contributed by atoms with Gasteiger partial charge in [-0.1, -0.05) is 53.0 Å². The van der Waals surface area contributed by atoms with Crippen molar-refractivity contribution in [3.05, 3.63) is 86.6 Å². The van der Waals surface area contributed by atoms with Gasteiger partial charge in [-0.2, -0.15) is 0 Å². The Hall–Kier alpha value is -2.97. The van der Waals surface area contributed by atoms with Crippen molar-refractivity contribution in [3.8, 4) is 11.5 Å². The summed E-state index contributed by atoms with van der Waals surface area (Å²) in [6.45, 7) is 7.40. The van der Waals surface area contributed by atoms with Crippen LogP contribution >= 0.6 is 34.8 Å². The van der Waals surface area contributed by atoms with Gasteiger partial charge in [-0.15, -0.1) is 0 Å². The Kier molecular flexibility index (Phi) is 7.57. The van der Waals surface area contributed by atoms with Crippen LogP contribution in [0.4, 0.5) is 10.5 Å². The van der Waals surface area contributed by atoms with E-state index in [2.05, 4.69) is 33.4 Å². The molecule has 2 aromatic carbocycles. The zero-order chi connectivity index (χ0) is 28.8. The van der Waals surface area contributed by atoms with Gasteiger partial charge in [0.25, 0.3) is 0 Å². The van der Waals surface area contributed by atoms with Crippen molar-refractivity contribution >= 4 is 52.6 Å². The lowest BCUT2D eigenvalue weighted by Crippen LogP contribution is -2.47. The van der Waals surface area contributed by atoms with E-state index in [1.54, 1.807) is 12.3 Å². The highest BCUT2D eigenvalue weighted by Crippen LogP contribution is 2.53. The molecule has 1 spiro atoms. The van der Waals surface area contributed by atoms with Gasteiger partial charge in [-0.3, -0.25) is 9.80 Å². The van der Waals surface area contributed by atoms with Crippen molar-refractivity contribution in [2.45, 2.75) is 44.4 Å². The van der Waals surface area contributed by atoms with Crippen molar-refractivity contribution in [1.29, 1.82) is 0 Å². The third kappa shape index (κ3) is 5.86. The molecule has 6 rings (SSSR count). The monoisotopic (exact) mass is 612 g/mol. The topological polar surface area (TPSA) is 66.9 Å². The Morgan fingerprint density at radius 3 is 2.51 bits per heavy atom. The second kappa shape index (κ2) is 11.0. The first-order valence-corrected chi connectivity index (χ1v) is 14.8.